The van der Waals surface area contributed by atoms with E-state index in [0.717, 1.165) is 0 Å². The highest BCUT2D eigenvalue weighted by atomic mass is 32.1. The van der Waals surface area contributed by atoms with Crippen LogP contribution in [0.2, 0.25) is 0 Å². The summed E-state index contributed by atoms with van der Waals surface area (Å²) in [4.78, 5) is 12.8. The number of hydrogen-bond donors (Lipinski definition) is 3. The van der Waals surface area contributed by atoms with Crippen LogP contribution in [0.15, 0.2) is 12.1 Å². The highest BCUT2D eigenvalue weighted by Crippen LogP contribution is 2.36. The summed E-state index contributed by atoms with van der Waals surface area (Å²) in [6.45, 7) is 3.14. The van der Waals surface area contributed by atoms with E-state index in [1.165, 1.54) is 20.3 Å². The molecule has 0 aliphatic carbocycles. The van der Waals surface area contributed by atoms with Gasteiger partial charge in [-0.1, -0.05) is 0 Å². The van der Waals surface area contributed by atoms with Gasteiger partial charge in [-0.25, -0.2) is 4.79 Å². The van der Waals surface area contributed by atoms with E-state index in [-0.39, 0.29) is 31.1 Å². The zero-order chi connectivity index (χ0) is 27.8. The second-order valence-electron chi connectivity index (χ2n) is 8.96. The zero-order valence-electron chi connectivity index (χ0n) is 21.2. The number of aryl methyl sites for hydroxylation is 1. The first-order chi connectivity index (χ1) is 17.3. The van der Waals surface area contributed by atoms with Crippen LogP contribution < -0.4 is 9.47 Å². The molecule has 1 aromatic carbocycles. The predicted molar refractivity (Wildman–Crippen MR) is 129 cm³/mol. The molecule has 0 bridgehead atoms. The molecule has 2 rings (SSSR count). The molecular formula is C24H35F3O9S. The number of halogens is 3. The van der Waals surface area contributed by atoms with E-state index in [2.05, 4.69) is 12.6 Å². The SMILES string of the molecule is COCOc1cc(OC)cc(CCC[C@@H]2OC(C)(C)O[C@@H]2C(O)CC(O)C(F)(F)F)c1C(=O)OCCS. The Balaban J connectivity index is 2.21. The summed E-state index contributed by atoms with van der Waals surface area (Å²) in [5.74, 6) is -0.793. The number of benzene rings is 1. The van der Waals surface area contributed by atoms with Crippen LogP contribution in [-0.4, -0.2) is 85.9 Å². The summed E-state index contributed by atoms with van der Waals surface area (Å²) in [6, 6.07) is 3.20. The van der Waals surface area contributed by atoms with Crippen LogP contribution in [0.5, 0.6) is 11.5 Å². The van der Waals surface area contributed by atoms with Crippen molar-refractivity contribution >= 4 is 18.6 Å². The lowest BCUT2D eigenvalue weighted by atomic mass is 9.95. The number of alkyl halides is 3. The van der Waals surface area contributed by atoms with Crippen molar-refractivity contribution in [3.8, 4) is 11.5 Å². The molecule has 1 aliphatic rings. The van der Waals surface area contributed by atoms with Gasteiger partial charge >= 0.3 is 12.1 Å². The molecule has 0 saturated carbocycles. The van der Waals surface area contributed by atoms with Gasteiger partial charge < -0.3 is 38.6 Å². The lowest BCUT2D eigenvalue weighted by molar-refractivity contribution is -0.216. The standard InChI is InChI=1S/C24H35F3O9S/c1-23(2)35-17(21(36-23)16(28)12-19(29)24(25,26)27)7-5-6-14-10-15(32-4)11-18(34-13-31-3)20(14)22(30)33-8-9-37/h10-11,16-17,19,21,28-29,37H,5-9,12-13H2,1-4H3/t16?,17-,19?,21+/m0/s1. The van der Waals surface area contributed by atoms with Gasteiger partial charge in [-0.05, 0) is 44.7 Å². The minimum atomic E-state index is -4.86. The Bertz CT molecular complexity index is 882. The van der Waals surface area contributed by atoms with Crippen molar-refractivity contribution in [3.63, 3.8) is 0 Å². The first-order valence-corrected chi connectivity index (χ1v) is 12.3. The lowest BCUT2D eigenvalue weighted by Crippen LogP contribution is -2.41. The van der Waals surface area contributed by atoms with Crippen molar-refractivity contribution in [2.45, 2.75) is 75.9 Å². The van der Waals surface area contributed by atoms with Gasteiger partial charge in [-0.15, -0.1) is 0 Å². The van der Waals surface area contributed by atoms with Gasteiger partial charge in [0.15, 0.2) is 18.7 Å². The summed E-state index contributed by atoms with van der Waals surface area (Å²) in [5, 5.41) is 19.8. The fourth-order valence-electron chi connectivity index (χ4n) is 4.04. The molecule has 2 unspecified atom stereocenters. The number of methoxy groups -OCH3 is 2. The third kappa shape index (κ3) is 9.18. The normalized spacial score (nSPS) is 20.9. The molecule has 9 nitrogen and oxygen atoms in total. The van der Waals surface area contributed by atoms with Crippen molar-refractivity contribution in [2.75, 3.05) is 33.4 Å². The van der Waals surface area contributed by atoms with E-state index in [4.69, 9.17) is 28.4 Å². The Morgan fingerprint density at radius 2 is 1.92 bits per heavy atom. The molecule has 0 radical (unpaired) electrons. The van der Waals surface area contributed by atoms with Gasteiger partial charge in [0.25, 0.3) is 0 Å². The quantitative estimate of drug-likeness (QED) is 0.181. The Labute approximate surface area is 219 Å². The molecule has 1 heterocycles. The van der Waals surface area contributed by atoms with Crippen LogP contribution in [0.25, 0.3) is 0 Å². The highest BCUT2D eigenvalue weighted by molar-refractivity contribution is 7.80. The smallest absolute Gasteiger partial charge is 0.414 e. The molecule has 0 spiro atoms. The van der Waals surface area contributed by atoms with Crippen molar-refractivity contribution in [2.24, 2.45) is 0 Å². The molecule has 37 heavy (non-hydrogen) atoms. The maximum absolute atomic E-state index is 12.8. The number of aliphatic hydroxyl groups is 2. The number of thiol groups is 1. The largest absolute Gasteiger partial charge is 0.497 e. The Morgan fingerprint density at radius 3 is 2.51 bits per heavy atom. The first kappa shape index (κ1) is 31.4. The Kier molecular flexibility index (Phi) is 11.8. The monoisotopic (exact) mass is 556 g/mol. The first-order valence-electron chi connectivity index (χ1n) is 11.7. The predicted octanol–water partition coefficient (Wildman–Crippen LogP) is 3.28. The summed E-state index contributed by atoms with van der Waals surface area (Å²) in [6.07, 6.45) is -10.9. The molecule has 1 aliphatic heterocycles. The number of rotatable bonds is 14. The topological polar surface area (TPSA) is 113 Å². The van der Waals surface area contributed by atoms with Crippen LogP contribution in [-0.2, 0) is 25.4 Å². The van der Waals surface area contributed by atoms with E-state index < -0.39 is 48.8 Å². The fourth-order valence-corrected chi connectivity index (χ4v) is 4.13. The van der Waals surface area contributed by atoms with Gasteiger partial charge in [0, 0.05) is 25.3 Å². The van der Waals surface area contributed by atoms with E-state index in [1.54, 1.807) is 19.9 Å². The summed E-state index contributed by atoms with van der Waals surface area (Å²) >= 11 is 4.06. The Morgan fingerprint density at radius 1 is 1.22 bits per heavy atom. The van der Waals surface area contributed by atoms with Crippen molar-refractivity contribution in [1.82, 2.24) is 0 Å². The fraction of sp³-hybridized carbons (Fsp3) is 0.708. The van der Waals surface area contributed by atoms with Crippen LogP contribution in [0.1, 0.15) is 49.0 Å². The van der Waals surface area contributed by atoms with Gasteiger partial charge in [0.05, 0.1) is 19.3 Å². The van der Waals surface area contributed by atoms with Crippen LogP contribution in [0, 0.1) is 0 Å². The van der Waals surface area contributed by atoms with Crippen LogP contribution in [0.3, 0.4) is 0 Å². The number of hydrogen-bond acceptors (Lipinski definition) is 10. The average Bonchev–Trinajstić information content (AvgIpc) is 3.14. The van der Waals surface area contributed by atoms with E-state index in [9.17, 15) is 28.2 Å². The summed E-state index contributed by atoms with van der Waals surface area (Å²) in [5.41, 5.74) is 0.742. The minimum absolute atomic E-state index is 0.0861. The van der Waals surface area contributed by atoms with Crippen molar-refractivity contribution in [3.05, 3.63) is 23.3 Å². The van der Waals surface area contributed by atoms with E-state index in [0.29, 0.717) is 29.9 Å². The number of carbonyl (C=O) groups excluding carboxylic acids is 1. The molecule has 212 valence electrons. The van der Waals surface area contributed by atoms with E-state index >= 15 is 0 Å². The molecule has 0 amide bonds. The third-order valence-corrected chi connectivity index (χ3v) is 5.81. The van der Waals surface area contributed by atoms with Crippen LogP contribution >= 0.6 is 12.6 Å². The third-order valence-electron chi connectivity index (χ3n) is 5.63. The molecule has 2 N–H and O–H groups in total. The maximum Gasteiger partial charge on any atom is 0.414 e. The van der Waals surface area contributed by atoms with Gasteiger partial charge in [-0.2, -0.15) is 25.8 Å². The minimum Gasteiger partial charge on any atom is -0.497 e. The molecular weight excluding hydrogens is 521 g/mol. The maximum atomic E-state index is 12.8. The Hall–Kier alpha value is -1.77. The molecule has 0 aromatic heterocycles. The van der Waals surface area contributed by atoms with Crippen LogP contribution in [0.4, 0.5) is 13.2 Å². The number of ether oxygens (including phenoxy) is 6. The summed E-state index contributed by atoms with van der Waals surface area (Å²) in [7, 11) is 2.90. The number of aliphatic hydroxyl groups excluding tert-OH is 2. The summed E-state index contributed by atoms with van der Waals surface area (Å²) < 4.78 is 71.0. The highest BCUT2D eigenvalue weighted by Gasteiger charge is 2.47. The van der Waals surface area contributed by atoms with E-state index in [1.807, 2.05) is 0 Å². The van der Waals surface area contributed by atoms with Crippen molar-refractivity contribution in [1.29, 1.82) is 0 Å². The van der Waals surface area contributed by atoms with Gasteiger partial charge in [-0.3, -0.25) is 0 Å². The zero-order valence-corrected chi connectivity index (χ0v) is 22.1. The molecule has 13 heteroatoms. The molecule has 1 fully saturated rings. The lowest BCUT2D eigenvalue weighted by Gasteiger charge is -2.25. The van der Waals surface area contributed by atoms with Crippen molar-refractivity contribution < 1.29 is 56.6 Å². The second kappa shape index (κ2) is 13.9. The molecule has 1 saturated heterocycles. The molecule has 4 atom stereocenters. The average molecular weight is 557 g/mol. The molecule has 1 aromatic rings. The number of carbonyl (C=O) groups is 1. The van der Waals surface area contributed by atoms with Gasteiger partial charge in [0.1, 0.15) is 29.8 Å². The number of esters is 1. The second-order valence-corrected chi connectivity index (χ2v) is 9.41. The van der Waals surface area contributed by atoms with Gasteiger partial charge in [0.2, 0.25) is 0 Å².